The van der Waals surface area contributed by atoms with Gasteiger partial charge in [0.1, 0.15) is 5.78 Å². The summed E-state index contributed by atoms with van der Waals surface area (Å²) >= 11 is 0. The summed E-state index contributed by atoms with van der Waals surface area (Å²) in [4.78, 5) is 16.2. The molecule has 1 atom stereocenters. The van der Waals surface area contributed by atoms with Crippen LogP contribution >= 0.6 is 7.60 Å². The van der Waals surface area contributed by atoms with Crippen molar-refractivity contribution in [1.29, 1.82) is 0 Å². The molecule has 0 fully saturated rings. The van der Waals surface area contributed by atoms with Crippen LogP contribution in [0.15, 0.2) is 0 Å². The van der Waals surface area contributed by atoms with E-state index in [1.165, 1.54) is 6.92 Å². The van der Waals surface area contributed by atoms with Crippen LogP contribution in [0.25, 0.3) is 0 Å². The SMILES string of the molecule is C[C@@H](N)P(=O)(O)O. The Morgan fingerprint density at radius 2 is 1.86 bits per heavy atom. The second-order valence-electron chi connectivity index (χ2n) is 1.33. The van der Waals surface area contributed by atoms with Gasteiger partial charge in [0.15, 0.2) is 0 Å². The Morgan fingerprint density at radius 3 is 1.86 bits per heavy atom. The molecule has 0 aromatic carbocycles. The molecular weight excluding hydrogens is 117 g/mol. The molecule has 0 aliphatic heterocycles. The Balaban J connectivity index is 3.80. The van der Waals surface area contributed by atoms with Crippen molar-refractivity contribution in [3.8, 4) is 0 Å². The van der Waals surface area contributed by atoms with E-state index in [1.807, 2.05) is 0 Å². The highest BCUT2D eigenvalue weighted by molar-refractivity contribution is 7.52. The van der Waals surface area contributed by atoms with E-state index in [0.717, 1.165) is 0 Å². The Kier molecular flexibility index (Phi) is 1.95. The summed E-state index contributed by atoms with van der Waals surface area (Å²) in [7, 11) is -3.96. The van der Waals surface area contributed by atoms with Gasteiger partial charge in [-0.1, -0.05) is 0 Å². The number of rotatable bonds is 1. The molecule has 4 N–H and O–H groups in total. The molecule has 44 valence electrons. The minimum Gasteiger partial charge on any atom is -0.323 e. The highest BCUT2D eigenvalue weighted by Gasteiger charge is 2.17. The van der Waals surface area contributed by atoms with Crippen LogP contribution in [0.3, 0.4) is 0 Å². The maximum atomic E-state index is 9.90. The van der Waals surface area contributed by atoms with Gasteiger partial charge in [0.05, 0.1) is 0 Å². The highest BCUT2D eigenvalue weighted by Crippen LogP contribution is 2.37. The predicted octanol–water partition coefficient (Wildman–Crippen LogP) is -0.531. The van der Waals surface area contributed by atoms with Gasteiger partial charge in [0.2, 0.25) is 0 Å². The Hall–Kier alpha value is 0.110. The van der Waals surface area contributed by atoms with Crippen molar-refractivity contribution < 1.29 is 14.4 Å². The first-order chi connectivity index (χ1) is 2.94. The Bertz CT molecular complexity index is 95.1. The molecule has 0 unspecified atom stereocenters. The standard InChI is InChI=1S/C2H8NO3P/c1-2(3)7(4,5)6/h2H,3H2,1H3,(H2,4,5,6)/t2-/m0/s1. The normalized spacial score (nSPS) is 16.6. The van der Waals surface area contributed by atoms with Gasteiger partial charge in [0.25, 0.3) is 0 Å². The van der Waals surface area contributed by atoms with E-state index in [0.29, 0.717) is 0 Å². The van der Waals surface area contributed by atoms with Crippen LogP contribution in [-0.4, -0.2) is 15.6 Å². The van der Waals surface area contributed by atoms with Gasteiger partial charge in [0, 0.05) is 0 Å². The van der Waals surface area contributed by atoms with Crippen molar-refractivity contribution in [2.24, 2.45) is 5.73 Å². The molecule has 0 saturated heterocycles. The van der Waals surface area contributed by atoms with Crippen molar-refractivity contribution in [1.82, 2.24) is 0 Å². The highest BCUT2D eigenvalue weighted by atomic mass is 31.2. The van der Waals surface area contributed by atoms with E-state index in [1.54, 1.807) is 0 Å². The lowest BCUT2D eigenvalue weighted by Gasteiger charge is -2.04. The van der Waals surface area contributed by atoms with Gasteiger partial charge in [-0.25, -0.2) is 0 Å². The molecule has 0 amide bonds. The first-order valence-electron chi connectivity index (χ1n) is 1.75. The molecule has 0 aromatic heterocycles. The molecule has 0 bridgehead atoms. The summed E-state index contributed by atoms with van der Waals surface area (Å²) < 4.78 is 9.90. The molecule has 0 aliphatic carbocycles. The summed E-state index contributed by atoms with van der Waals surface area (Å²) in [5.41, 5.74) is 4.81. The van der Waals surface area contributed by atoms with E-state index < -0.39 is 13.4 Å². The van der Waals surface area contributed by atoms with Gasteiger partial charge < -0.3 is 15.5 Å². The lowest BCUT2D eigenvalue weighted by molar-refractivity contribution is 0.361. The Morgan fingerprint density at radius 1 is 1.71 bits per heavy atom. The van der Waals surface area contributed by atoms with Gasteiger partial charge in [-0.3, -0.25) is 4.57 Å². The van der Waals surface area contributed by atoms with Gasteiger partial charge in [-0.05, 0) is 6.92 Å². The zero-order valence-electron chi connectivity index (χ0n) is 3.90. The fourth-order valence-corrected chi connectivity index (χ4v) is 0. The molecule has 0 rings (SSSR count). The smallest absolute Gasteiger partial charge is 0.323 e. The molecule has 0 radical (unpaired) electrons. The quantitative estimate of drug-likeness (QED) is 0.411. The fraction of sp³-hybridized carbons (Fsp3) is 1.00. The number of hydrogen-bond acceptors (Lipinski definition) is 2. The zero-order chi connectivity index (χ0) is 6.08. The summed E-state index contributed by atoms with van der Waals surface area (Å²) in [5, 5.41) is 0. The second kappa shape index (κ2) is 1.92. The minimum absolute atomic E-state index is 1.03. The summed E-state index contributed by atoms with van der Waals surface area (Å²) in [6.45, 7) is 1.26. The van der Waals surface area contributed by atoms with Gasteiger partial charge in [-0.2, -0.15) is 0 Å². The van der Waals surface area contributed by atoms with E-state index in [4.69, 9.17) is 15.5 Å². The zero-order valence-corrected chi connectivity index (χ0v) is 4.80. The molecule has 0 saturated carbocycles. The van der Waals surface area contributed by atoms with Crippen LogP contribution in [-0.2, 0) is 4.57 Å². The maximum absolute atomic E-state index is 9.90. The molecular formula is C2H8NO3P. The monoisotopic (exact) mass is 125 g/mol. The summed E-state index contributed by atoms with van der Waals surface area (Å²) in [5.74, 6) is -1.03. The van der Waals surface area contributed by atoms with Crippen LogP contribution in [0.4, 0.5) is 0 Å². The van der Waals surface area contributed by atoms with Crippen molar-refractivity contribution >= 4 is 7.60 Å². The van der Waals surface area contributed by atoms with E-state index in [2.05, 4.69) is 0 Å². The minimum atomic E-state index is -3.96. The van der Waals surface area contributed by atoms with Crippen molar-refractivity contribution in [3.05, 3.63) is 0 Å². The molecule has 0 aromatic rings. The first kappa shape index (κ1) is 7.11. The van der Waals surface area contributed by atoms with Gasteiger partial charge >= 0.3 is 7.60 Å². The second-order valence-corrected chi connectivity index (χ2v) is 3.32. The average Bonchev–Trinajstić information content (AvgIpc) is 1.31. The molecule has 0 spiro atoms. The Labute approximate surface area is 41.5 Å². The first-order valence-corrected chi connectivity index (χ1v) is 3.43. The van der Waals surface area contributed by atoms with Gasteiger partial charge in [-0.15, -0.1) is 0 Å². The van der Waals surface area contributed by atoms with Crippen LogP contribution in [0.5, 0.6) is 0 Å². The lowest BCUT2D eigenvalue weighted by atomic mass is 10.8. The van der Waals surface area contributed by atoms with Crippen molar-refractivity contribution in [3.63, 3.8) is 0 Å². The third-order valence-electron chi connectivity index (χ3n) is 0.531. The van der Waals surface area contributed by atoms with Crippen LogP contribution in [0.1, 0.15) is 6.92 Å². The van der Waals surface area contributed by atoms with Crippen LogP contribution in [0.2, 0.25) is 0 Å². The topological polar surface area (TPSA) is 83.6 Å². The lowest BCUT2D eigenvalue weighted by Crippen LogP contribution is -2.14. The summed E-state index contributed by atoms with van der Waals surface area (Å²) in [6.07, 6.45) is 0. The van der Waals surface area contributed by atoms with Crippen LogP contribution < -0.4 is 5.73 Å². The fourth-order valence-electron chi connectivity index (χ4n) is 0. The third kappa shape index (κ3) is 2.76. The largest absolute Gasteiger partial charge is 0.341 e. The van der Waals surface area contributed by atoms with E-state index in [-0.39, 0.29) is 0 Å². The molecule has 0 heterocycles. The van der Waals surface area contributed by atoms with Crippen LogP contribution in [0, 0.1) is 0 Å². The van der Waals surface area contributed by atoms with Crippen molar-refractivity contribution in [2.75, 3.05) is 0 Å². The predicted molar refractivity (Wildman–Crippen MR) is 25.7 cm³/mol. The molecule has 5 heteroatoms. The number of nitrogens with two attached hydrogens (primary N) is 1. The van der Waals surface area contributed by atoms with E-state index >= 15 is 0 Å². The maximum Gasteiger partial charge on any atom is 0.341 e. The van der Waals surface area contributed by atoms with Crippen molar-refractivity contribution in [2.45, 2.75) is 12.7 Å². The summed E-state index contributed by atoms with van der Waals surface area (Å²) in [6, 6.07) is 0. The number of hydrogen-bond donors (Lipinski definition) is 3. The molecule has 0 aliphatic rings. The molecule has 4 nitrogen and oxygen atoms in total. The van der Waals surface area contributed by atoms with E-state index in [9.17, 15) is 4.57 Å². The molecule has 7 heavy (non-hydrogen) atoms. The third-order valence-corrected chi connectivity index (χ3v) is 1.59. The average molecular weight is 125 g/mol.